The van der Waals surface area contributed by atoms with Crippen LogP contribution >= 0.6 is 0 Å². The van der Waals surface area contributed by atoms with Gasteiger partial charge in [0.1, 0.15) is 10.7 Å². The number of morpholine rings is 1. The average molecular weight is 498 g/mol. The Hall–Kier alpha value is -3.57. The van der Waals surface area contributed by atoms with Crippen molar-refractivity contribution < 1.29 is 22.3 Å². The van der Waals surface area contributed by atoms with Crippen LogP contribution in [-0.4, -0.2) is 62.0 Å². The summed E-state index contributed by atoms with van der Waals surface area (Å²) >= 11 is 0. The van der Waals surface area contributed by atoms with Gasteiger partial charge in [-0.2, -0.15) is 0 Å². The molecule has 2 aliphatic rings. The maximum absolute atomic E-state index is 14.0. The summed E-state index contributed by atoms with van der Waals surface area (Å²) in [7, 11) is -4.15. The maximum atomic E-state index is 14.0. The Morgan fingerprint density at radius 3 is 2.66 bits per heavy atom. The number of benzene rings is 2. The standard InChI is InChI=1S/C24H24FN5O4S/c25-20-6-1-2-7-22(20)35(32,33)28-19-5-3-4-17(14-19)23(31)30-9-8-18-15-26-24(27-21(18)16-30)29-10-12-34-13-11-29/h1-7,14-15,28H,8-13,16H2. The third-order valence-electron chi connectivity index (χ3n) is 6.00. The van der Waals surface area contributed by atoms with Crippen molar-refractivity contribution in [2.75, 3.05) is 42.5 Å². The van der Waals surface area contributed by atoms with Gasteiger partial charge >= 0.3 is 0 Å². The first-order chi connectivity index (χ1) is 16.9. The number of carbonyl (C=O) groups excluding carboxylic acids is 1. The molecule has 0 saturated carbocycles. The molecule has 1 N–H and O–H groups in total. The van der Waals surface area contributed by atoms with Crippen LogP contribution in [0.15, 0.2) is 59.6 Å². The summed E-state index contributed by atoms with van der Waals surface area (Å²) in [6.45, 7) is 3.52. The highest BCUT2D eigenvalue weighted by molar-refractivity contribution is 7.92. The fraction of sp³-hybridized carbons (Fsp3) is 0.292. The van der Waals surface area contributed by atoms with Crippen molar-refractivity contribution in [3.05, 3.63) is 77.4 Å². The van der Waals surface area contributed by atoms with Gasteiger partial charge in [0, 0.05) is 37.1 Å². The lowest BCUT2D eigenvalue weighted by molar-refractivity contribution is 0.0731. The molecule has 2 aliphatic heterocycles. The van der Waals surface area contributed by atoms with E-state index in [4.69, 9.17) is 9.72 Å². The molecular formula is C24H24FN5O4S. The molecule has 2 aromatic carbocycles. The molecule has 1 fully saturated rings. The van der Waals surface area contributed by atoms with E-state index in [1.807, 2.05) is 6.20 Å². The number of hydrogen-bond donors (Lipinski definition) is 1. The Kier molecular flexibility index (Phi) is 6.35. The van der Waals surface area contributed by atoms with Crippen LogP contribution in [0.2, 0.25) is 0 Å². The Bertz CT molecular complexity index is 1360. The number of hydrogen-bond acceptors (Lipinski definition) is 7. The number of ether oxygens (including phenoxy) is 1. The van der Waals surface area contributed by atoms with Gasteiger partial charge in [-0.3, -0.25) is 9.52 Å². The van der Waals surface area contributed by atoms with Crippen LogP contribution in [0.3, 0.4) is 0 Å². The second-order valence-corrected chi connectivity index (χ2v) is 9.99. The first-order valence-electron chi connectivity index (χ1n) is 11.2. The van der Waals surface area contributed by atoms with E-state index in [-0.39, 0.29) is 11.6 Å². The number of fused-ring (bicyclic) bond motifs is 1. The minimum absolute atomic E-state index is 0.174. The largest absolute Gasteiger partial charge is 0.378 e. The van der Waals surface area contributed by atoms with E-state index in [1.54, 1.807) is 17.0 Å². The second-order valence-electron chi connectivity index (χ2n) is 8.33. The Morgan fingerprint density at radius 2 is 1.86 bits per heavy atom. The molecule has 1 amide bonds. The predicted octanol–water partition coefficient (Wildman–Crippen LogP) is 2.45. The lowest BCUT2D eigenvalue weighted by atomic mass is 10.1. The van der Waals surface area contributed by atoms with Crippen molar-refractivity contribution in [1.82, 2.24) is 14.9 Å². The number of anilines is 2. The molecule has 0 radical (unpaired) electrons. The summed E-state index contributed by atoms with van der Waals surface area (Å²) in [6, 6.07) is 11.3. The number of rotatable bonds is 5. The summed E-state index contributed by atoms with van der Waals surface area (Å²) in [4.78, 5) is 25.7. The molecule has 0 bridgehead atoms. The topological polar surface area (TPSA) is 105 Å². The lowest BCUT2D eigenvalue weighted by Crippen LogP contribution is -2.39. The van der Waals surface area contributed by atoms with E-state index in [2.05, 4.69) is 14.6 Å². The van der Waals surface area contributed by atoms with Gasteiger partial charge < -0.3 is 14.5 Å². The first kappa shape index (κ1) is 23.2. The van der Waals surface area contributed by atoms with Crippen molar-refractivity contribution in [2.45, 2.75) is 17.9 Å². The zero-order valence-corrected chi connectivity index (χ0v) is 19.7. The van der Waals surface area contributed by atoms with Crippen LogP contribution < -0.4 is 9.62 Å². The Labute approximate surface area is 202 Å². The molecule has 3 heterocycles. The lowest BCUT2D eigenvalue weighted by Gasteiger charge is -2.31. The summed E-state index contributed by atoms with van der Waals surface area (Å²) < 4.78 is 47.0. The highest BCUT2D eigenvalue weighted by atomic mass is 32.2. The highest BCUT2D eigenvalue weighted by Crippen LogP contribution is 2.23. The maximum Gasteiger partial charge on any atom is 0.264 e. The van der Waals surface area contributed by atoms with Crippen LogP contribution in [-0.2, 0) is 27.7 Å². The van der Waals surface area contributed by atoms with E-state index >= 15 is 0 Å². The number of aromatic nitrogens is 2. The van der Waals surface area contributed by atoms with Gasteiger partial charge in [0.25, 0.3) is 15.9 Å². The molecule has 0 aliphatic carbocycles. The summed E-state index contributed by atoms with van der Waals surface area (Å²) in [6.07, 6.45) is 2.46. The molecule has 5 rings (SSSR count). The third-order valence-corrected chi connectivity index (χ3v) is 7.42. The predicted molar refractivity (Wildman–Crippen MR) is 127 cm³/mol. The van der Waals surface area contributed by atoms with Gasteiger partial charge in [-0.25, -0.2) is 22.8 Å². The minimum Gasteiger partial charge on any atom is -0.378 e. The molecule has 0 spiro atoms. The number of nitrogens with zero attached hydrogens (tertiary/aromatic N) is 4. The van der Waals surface area contributed by atoms with Gasteiger partial charge in [0.15, 0.2) is 0 Å². The van der Waals surface area contributed by atoms with Crippen molar-refractivity contribution in [2.24, 2.45) is 0 Å². The van der Waals surface area contributed by atoms with Crippen molar-refractivity contribution in [3.63, 3.8) is 0 Å². The van der Waals surface area contributed by atoms with Gasteiger partial charge in [0.2, 0.25) is 5.95 Å². The Balaban J connectivity index is 1.33. The number of nitrogens with one attached hydrogen (secondary N) is 1. The molecule has 1 aromatic heterocycles. The van der Waals surface area contributed by atoms with E-state index < -0.39 is 20.7 Å². The molecule has 182 valence electrons. The van der Waals surface area contributed by atoms with Gasteiger partial charge in [0.05, 0.1) is 25.5 Å². The number of amides is 1. The van der Waals surface area contributed by atoms with E-state index in [0.29, 0.717) is 44.2 Å². The van der Waals surface area contributed by atoms with Gasteiger partial charge in [-0.05, 0) is 42.3 Å². The normalized spacial score (nSPS) is 16.0. The zero-order chi connectivity index (χ0) is 24.4. The van der Waals surface area contributed by atoms with Crippen molar-refractivity contribution in [1.29, 1.82) is 0 Å². The molecule has 0 unspecified atom stereocenters. The fourth-order valence-corrected chi connectivity index (χ4v) is 5.28. The molecule has 35 heavy (non-hydrogen) atoms. The molecule has 3 aromatic rings. The molecular weight excluding hydrogens is 473 g/mol. The fourth-order valence-electron chi connectivity index (χ4n) is 4.15. The first-order valence-corrected chi connectivity index (χ1v) is 12.7. The SMILES string of the molecule is O=C(c1cccc(NS(=O)(=O)c2ccccc2F)c1)N1CCc2cnc(N3CCOCC3)nc2C1. The molecule has 9 nitrogen and oxygen atoms in total. The van der Waals surface area contributed by atoms with Crippen LogP contribution in [0.25, 0.3) is 0 Å². The molecule has 11 heteroatoms. The second kappa shape index (κ2) is 9.59. The van der Waals surface area contributed by atoms with E-state index in [9.17, 15) is 17.6 Å². The minimum atomic E-state index is -4.15. The van der Waals surface area contributed by atoms with Gasteiger partial charge in [-0.15, -0.1) is 0 Å². The number of sulfonamides is 1. The highest BCUT2D eigenvalue weighted by Gasteiger charge is 2.25. The summed E-state index contributed by atoms with van der Waals surface area (Å²) in [5, 5.41) is 0. The molecule has 1 saturated heterocycles. The number of halogens is 1. The smallest absolute Gasteiger partial charge is 0.264 e. The van der Waals surface area contributed by atoms with Crippen LogP contribution in [0.1, 0.15) is 21.6 Å². The summed E-state index contributed by atoms with van der Waals surface area (Å²) in [5.74, 6) is -0.460. The van der Waals surface area contributed by atoms with Crippen LogP contribution in [0.5, 0.6) is 0 Å². The van der Waals surface area contributed by atoms with Crippen molar-refractivity contribution >= 4 is 27.6 Å². The zero-order valence-electron chi connectivity index (χ0n) is 18.9. The number of carbonyl (C=O) groups is 1. The van der Waals surface area contributed by atoms with E-state index in [0.717, 1.165) is 30.4 Å². The van der Waals surface area contributed by atoms with Gasteiger partial charge in [-0.1, -0.05) is 18.2 Å². The van der Waals surface area contributed by atoms with Crippen molar-refractivity contribution in [3.8, 4) is 0 Å². The summed E-state index contributed by atoms with van der Waals surface area (Å²) in [5.41, 5.74) is 2.31. The quantitative estimate of drug-likeness (QED) is 0.577. The van der Waals surface area contributed by atoms with Crippen LogP contribution in [0, 0.1) is 5.82 Å². The Morgan fingerprint density at radius 1 is 1.06 bits per heavy atom. The molecule has 0 atom stereocenters. The monoisotopic (exact) mass is 497 g/mol. The average Bonchev–Trinajstić information content (AvgIpc) is 2.88. The van der Waals surface area contributed by atoms with E-state index in [1.165, 1.54) is 30.3 Å². The third kappa shape index (κ3) is 4.96. The van der Waals surface area contributed by atoms with Crippen LogP contribution in [0.4, 0.5) is 16.0 Å².